The number of nitrogens with two attached hydrogens (primary N) is 1. The van der Waals surface area contributed by atoms with Gasteiger partial charge in [-0.05, 0) is 37.0 Å². The molecule has 0 radical (unpaired) electrons. The molecule has 0 spiro atoms. The Morgan fingerprint density at radius 3 is 2.71 bits per heavy atom. The van der Waals surface area contributed by atoms with Gasteiger partial charge in [-0.15, -0.1) is 0 Å². The van der Waals surface area contributed by atoms with Crippen LogP contribution in [0.2, 0.25) is 0 Å². The fourth-order valence-electron chi connectivity index (χ4n) is 2.95. The molecule has 1 saturated carbocycles. The monoisotopic (exact) mass is 283 g/mol. The molecule has 1 aromatic carbocycles. The third-order valence-electron chi connectivity index (χ3n) is 4.14. The lowest BCUT2D eigenvalue weighted by Gasteiger charge is -2.18. The lowest BCUT2D eigenvalue weighted by atomic mass is 10.2. The Hall–Kier alpha value is -2.07. The standard InChI is InChI=1S/C17H21N3O/c18-14-8-4-9-15(14)19-17(21)16-10-5-11-20(16)12-13-6-2-1-3-7-13/h1-3,5-7,10-11,14-15H,4,8-9,12,18H2,(H,19,21). The topological polar surface area (TPSA) is 60.0 Å². The largest absolute Gasteiger partial charge is 0.346 e. The maximum atomic E-state index is 12.4. The van der Waals surface area contributed by atoms with Gasteiger partial charge in [0.2, 0.25) is 0 Å². The molecule has 1 heterocycles. The summed E-state index contributed by atoms with van der Waals surface area (Å²) in [5, 5.41) is 3.07. The number of amides is 1. The number of hydrogen-bond acceptors (Lipinski definition) is 2. The van der Waals surface area contributed by atoms with E-state index in [0.717, 1.165) is 19.3 Å². The van der Waals surface area contributed by atoms with Crippen molar-refractivity contribution in [2.75, 3.05) is 0 Å². The number of nitrogens with zero attached hydrogens (tertiary/aromatic N) is 1. The highest BCUT2D eigenvalue weighted by atomic mass is 16.2. The number of rotatable bonds is 4. The van der Waals surface area contributed by atoms with Crippen LogP contribution < -0.4 is 11.1 Å². The van der Waals surface area contributed by atoms with Gasteiger partial charge in [-0.2, -0.15) is 0 Å². The lowest BCUT2D eigenvalue weighted by molar-refractivity contribution is 0.0925. The molecule has 2 unspecified atom stereocenters. The van der Waals surface area contributed by atoms with Gasteiger partial charge in [0.15, 0.2) is 0 Å². The molecular weight excluding hydrogens is 262 g/mol. The van der Waals surface area contributed by atoms with Crippen LogP contribution in [0.1, 0.15) is 35.3 Å². The second-order valence-electron chi connectivity index (χ2n) is 5.68. The molecule has 1 aliphatic carbocycles. The summed E-state index contributed by atoms with van der Waals surface area (Å²) in [6.07, 6.45) is 5.01. The number of carbonyl (C=O) groups is 1. The Morgan fingerprint density at radius 2 is 2.00 bits per heavy atom. The molecule has 0 saturated heterocycles. The van der Waals surface area contributed by atoms with Crippen LogP contribution >= 0.6 is 0 Å². The highest BCUT2D eigenvalue weighted by Crippen LogP contribution is 2.18. The Bertz CT molecular complexity index is 606. The van der Waals surface area contributed by atoms with Gasteiger partial charge in [-0.1, -0.05) is 30.3 Å². The van der Waals surface area contributed by atoms with Crippen molar-refractivity contribution in [3.05, 3.63) is 59.9 Å². The van der Waals surface area contributed by atoms with Crippen LogP contribution in [-0.4, -0.2) is 22.6 Å². The Balaban J connectivity index is 1.71. The van der Waals surface area contributed by atoms with Gasteiger partial charge in [0.05, 0.1) is 0 Å². The molecule has 3 N–H and O–H groups in total. The third-order valence-corrected chi connectivity index (χ3v) is 4.14. The van der Waals surface area contributed by atoms with E-state index in [1.54, 1.807) is 0 Å². The third kappa shape index (κ3) is 3.16. The van der Waals surface area contributed by atoms with Gasteiger partial charge in [0, 0.05) is 24.8 Å². The maximum Gasteiger partial charge on any atom is 0.268 e. The van der Waals surface area contributed by atoms with Crippen molar-refractivity contribution in [2.45, 2.75) is 37.9 Å². The fraction of sp³-hybridized carbons (Fsp3) is 0.353. The minimum atomic E-state index is -0.0294. The smallest absolute Gasteiger partial charge is 0.268 e. The number of carbonyl (C=O) groups excluding carboxylic acids is 1. The highest BCUT2D eigenvalue weighted by Gasteiger charge is 2.26. The minimum absolute atomic E-state index is 0.0294. The zero-order chi connectivity index (χ0) is 14.7. The highest BCUT2D eigenvalue weighted by molar-refractivity contribution is 5.93. The summed E-state index contributed by atoms with van der Waals surface area (Å²) in [6, 6.07) is 14.1. The van der Waals surface area contributed by atoms with Crippen LogP contribution in [0.5, 0.6) is 0 Å². The summed E-state index contributed by atoms with van der Waals surface area (Å²) in [5.74, 6) is -0.0294. The molecule has 110 valence electrons. The summed E-state index contributed by atoms with van der Waals surface area (Å²) >= 11 is 0. The molecule has 2 atom stereocenters. The second kappa shape index (κ2) is 6.14. The average molecular weight is 283 g/mol. The van der Waals surface area contributed by atoms with E-state index >= 15 is 0 Å². The van der Waals surface area contributed by atoms with Crippen LogP contribution in [-0.2, 0) is 6.54 Å². The molecule has 3 rings (SSSR count). The van der Waals surface area contributed by atoms with Crippen molar-refractivity contribution in [3.8, 4) is 0 Å². The number of hydrogen-bond donors (Lipinski definition) is 2. The van der Waals surface area contributed by atoms with E-state index in [1.807, 2.05) is 41.1 Å². The predicted molar refractivity (Wildman–Crippen MR) is 83.1 cm³/mol. The summed E-state index contributed by atoms with van der Waals surface area (Å²) < 4.78 is 1.98. The van der Waals surface area contributed by atoms with Crippen molar-refractivity contribution in [1.82, 2.24) is 9.88 Å². The number of benzene rings is 1. The maximum absolute atomic E-state index is 12.4. The van der Waals surface area contributed by atoms with E-state index in [1.165, 1.54) is 5.56 Å². The van der Waals surface area contributed by atoms with Crippen LogP contribution in [0.3, 0.4) is 0 Å². The SMILES string of the molecule is NC1CCCC1NC(=O)c1cccn1Cc1ccccc1. The number of nitrogens with one attached hydrogen (secondary N) is 1. The van der Waals surface area contributed by atoms with Gasteiger partial charge < -0.3 is 15.6 Å². The quantitative estimate of drug-likeness (QED) is 0.903. The van der Waals surface area contributed by atoms with E-state index in [2.05, 4.69) is 17.4 Å². The minimum Gasteiger partial charge on any atom is -0.346 e. The van der Waals surface area contributed by atoms with E-state index in [9.17, 15) is 4.79 Å². The Labute approximate surface area is 125 Å². The molecule has 0 bridgehead atoms. The first-order valence-electron chi connectivity index (χ1n) is 7.49. The second-order valence-corrected chi connectivity index (χ2v) is 5.68. The average Bonchev–Trinajstić information content (AvgIpc) is 3.10. The summed E-state index contributed by atoms with van der Waals surface area (Å²) in [7, 11) is 0. The lowest BCUT2D eigenvalue weighted by Crippen LogP contribution is -2.44. The van der Waals surface area contributed by atoms with Crippen molar-refractivity contribution in [1.29, 1.82) is 0 Å². The van der Waals surface area contributed by atoms with E-state index in [0.29, 0.717) is 12.2 Å². The zero-order valence-corrected chi connectivity index (χ0v) is 12.0. The zero-order valence-electron chi connectivity index (χ0n) is 12.0. The fourth-order valence-corrected chi connectivity index (χ4v) is 2.95. The van der Waals surface area contributed by atoms with Gasteiger partial charge in [-0.3, -0.25) is 4.79 Å². The molecule has 1 amide bonds. The molecular formula is C17H21N3O. The predicted octanol–water partition coefficient (Wildman–Crippen LogP) is 2.15. The first-order valence-corrected chi connectivity index (χ1v) is 7.49. The van der Waals surface area contributed by atoms with Gasteiger partial charge in [0.1, 0.15) is 5.69 Å². The van der Waals surface area contributed by atoms with Crippen molar-refractivity contribution < 1.29 is 4.79 Å². The van der Waals surface area contributed by atoms with E-state index in [-0.39, 0.29) is 18.0 Å². The Kier molecular flexibility index (Phi) is 4.06. The molecule has 4 nitrogen and oxygen atoms in total. The first kappa shape index (κ1) is 13.9. The van der Waals surface area contributed by atoms with E-state index < -0.39 is 0 Å². The van der Waals surface area contributed by atoms with Crippen molar-refractivity contribution in [2.24, 2.45) is 5.73 Å². The molecule has 2 aromatic rings. The summed E-state index contributed by atoms with van der Waals surface area (Å²) in [4.78, 5) is 12.4. The first-order chi connectivity index (χ1) is 10.2. The molecule has 21 heavy (non-hydrogen) atoms. The molecule has 1 aromatic heterocycles. The molecule has 4 heteroatoms. The molecule has 0 aliphatic heterocycles. The van der Waals surface area contributed by atoms with Gasteiger partial charge in [-0.25, -0.2) is 0 Å². The van der Waals surface area contributed by atoms with Gasteiger partial charge >= 0.3 is 0 Å². The van der Waals surface area contributed by atoms with Crippen LogP contribution in [0.4, 0.5) is 0 Å². The van der Waals surface area contributed by atoms with Gasteiger partial charge in [0.25, 0.3) is 5.91 Å². The summed E-state index contributed by atoms with van der Waals surface area (Å²) in [6.45, 7) is 0.702. The molecule has 1 fully saturated rings. The Morgan fingerprint density at radius 1 is 1.19 bits per heavy atom. The van der Waals surface area contributed by atoms with Crippen LogP contribution in [0, 0.1) is 0 Å². The summed E-state index contributed by atoms with van der Waals surface area (Å²) in [5.41, 5.74) is 7.89. The molecule has 1 aliphatic rings. The van der Waals surface area contributed by atoms with Crippen molar-refractivity contribution in [3.63, 3.8) is 0 Å². The van der Waals surface area contributed by atoms with Crippen LogP contribution in [0.15, 0.2) is 48.7 Å². The van der Waals surface area contributed by atoms with Crippen LogP contribution in [0.25, 0.3) is 0 Å². The normalized spacial score (nSPS) is 21.4. The van der Waals surface area contributed by atoms with Crippen molar-refractivity contribution >= 4 is 5.91 Å². The number of aromatic nitrogens is 1. The van der Waals surface area contributed by atoms with E-state index in [4.69, 9.17) is 5.73 Å².